The Balaban J connectivity index is 1.51. The van der Waals surface area contributed by atoms with Gasteiger partial charge in [0.1, 0.15) is 0 Å². The van der Waals surface area contributed by atoms with Crippen LogP contribution in [0.4, 0.5) is 0 Å². The Kier molecular flexibility index (Phi) is 3.11. The van der Waals surface area contributed by atoms with Gasteiger partial charge in [-0.3, -0.25) is 4.31 Å². The summed E-state index contributed by atoms with van der Waals surface area (Å²) in [5, 5.41) is 0. The highest BCUT2D eigenvalue weighted by Gasteiger charge is 2.82. The topological polar surface area (TPSA) is 37.4 Å². The Morgan fingerprint density at radius 2 is 1.50 bits per heavy atom. The number of hydrogen-bond acceptors (Lipinski definition) is 2. The molecule has 2 aliphatic carbocycles. The molecule has 26 heavy (non-hydrogen) atoms. The fourth-order valence-corrected chi connectivity index (χ4v) is 6.41. The second-order valence-electron chi connectivity index (χ2n) is 8.15. The van der Waals surface area contributed by atoms with Gasteiger partial charge < -0.3 is 0 Å². The van der Waals surface area contributed by atoms with Crippen molar-refractivity contribution in [3.63, 3.8) is 0 Å². The Morgan fingerprint density at radius 3 is 2.08 bits per heavy atom. The summed E-state index contributed by atoms with van der Waals surface area (Å²) in [6.07, 6.45) is 6.39. The molecule has 2 fully saturated rings. The second-order valence-corrected chi connectivity index (χ2v) is 10.0. The van der Waals surface area contributed by atoms with Crippen molar-refractivity contribution >= 4 is 10.0 Å². The summed E-state index contributed by atoms with van der Waals surface area (Å²) < 4.78 is 27.7. The van der Waals surface area contributed by atoms with E-state index in [1.807, 2.05) is 25.3 Å². The van der Waals surface area contributed by atoms with Crippen LogP contribution in [0.5, 0.6) is 0 Å². The van der Waals surface area contributed by atoms with E-state index in [-0.39, 0.29) is 10.8 Å². The molecule has 134 valence electrons. The van der Waals surface area contributed by atoms with E-state index in [0.29, 0.717) is 17.4 Å². The average molecular weight is 365 g/mol. The smallest absolute Gasteiger partial charge is 0.263 e. The lowest BCUT2D eigenvalue weighted by Gasteiger charge is -2.27. The van der Waals surface area contributed by atoms with Gasteiger partial charge in [0.15, 0.2) is 0 Å². The summed E-state index contributed by atoms with van der Waals surface area (Å²) in [7, 11) is -3.48. The first kappa shape index (κ1) is 16.1. The lowest BCUT2D eigenvalue weighted by atomic mass is 9.89. The van der Waals surface area contributed by atoms with E-state index in [0.717, 1.165) is 5.56 Å². The van der Waals surface area contributed by atoms with Crippen molar-refractivity contribution < 1.29 is 8.42 Å². The molecule has 2 aromatic carbocycles. The first-order valence-corrected chi connectivity index (χ1v) is 10.7. The first-order chi connectivity index (χ1) is 12.4. The molecule has 2 saturated carbocycles. The average Bonchev–Trinajstić information content (AvgIpc) is 3.54. The van der Waals surface area contributed by atoms with Gasteiger partial charge in [-0.25, -0.2) is 8.42 Å². The predicted molar refractivity (Wildman–Crippen MR) is 102 cm³/mol. The highest BCUT2D eigenvalue weighted by atomic mass is 32.2. The monoisotopic (exact) mass is 365 g/mol. The van der Waals surface area contributed by atoms with Crippen molar-refractivity contribution in [2.75, 3.05) is 6.54 Å². The Labute approximate surface area is 155 Å². The zero-order valence-electron chi connectivity index (χ0n) is 15.1. The highest BCUT2D eigenvalue weighted by molar-refractivity contribution is 7.89. The number of benzene rings is 2. The molecule has 1 aliphatic heterocycles. The maximum Gasteiger partial charge on any atom is 0.263 e. The van der Waals surface area contributed by atoms with Gasteiger partial charge in [-0.15, -0.1) is 0 Å². The van der Waals surface area contributed by atoms with Gasteiger partial charge >= 0.3 is 0 Å². The summed E-state index contributed by atoms with van der Waals surface area (Å²) in [5.74, 6) is 0.392. The molecular weight excluding hydrogens is 342 g/mol. The molecule has 3 aliphatic rings. The molecule has 2 atom stereocenters. The van der Waals surface area contributed by atoms with Gasteiger partial charge in [-0.05, 0) is 55.7 Å². The maximum atomic E-state index is 13.1. The quantitative estimate of drug-likeness (QED) is 0.819. The number of hydrogen-bond donors (Lipinski definition) is 0. The molecule has 0 unspecified atom stereocenters. The van der Waals surface area contributed by atoms with Gasteiger partial charge in [0.2, 0.25) is 0 Å². The minimum atomic E-state index is -3.48. The van der Waals surface area contributed by atoms with Crippen LogP contribution in [-0.4, -0.2) is 19.3 Å². The van der Waals surface area contributed by atoms with Crippen molar-refractivity contribution in [3.8, 4) is 0 Å². The number of sulfonamides is 1. The third kappa shape index (κ3) is 1.96. The number of nitrogens with zero attached hydrogens (tertiary/aromatic N) is 1. The standard InChI is InChI=1S/C22H23NO2S/c1-16-3-7-18(8-4-16)22-13-14-23(15-20(22)21(22)11-12-21)26(24,25)19-9-5-17(2)6-10-19/h3-10,13-14,20H,11-12,15H2,1-2H3/t20-,22+/m0/s1. The van der Waals surface area contributed by atoms with Crippen LogP contribution in [0, 0.1) is 25.2 Å². The third-order valence-electron chi connectivity index (χ3n) is 6.77. The second kappa shape index (κ2) is 5.01. The highest BCUT2D eigenvalue weighted by Crippen LogP contribution is 2.84. The Hall–Kier alpha value is -2.07. The number of aryl methyl sites for hydroxylation is 2. The van der Waals surface area contributed by atoms with Gasteiger partial charge in [-0.2, -0.15) is 0 Å². The molecule has 4 heteroatoms. The zero-order valence-corrected chi connectivity index (χ0v) is 16.0. The Bertz CT molecular complexity index is 1000. The van der Waals surface area contributed by atoms with Crippen LogP contribution >= 0.6 is 0 Å². The van der Waals surface area contributed by atoms with E-state index >= 15 is 0 Å². The molecule has 5 rings (SSSR count). The SMILES string of the molecule is Cc1ccc([C@]23C=CN(S(=O)(=O)c4ccc(C)cc4)C[C@H]2C32CC2)cc1. The van der Waals surface area contributed by atoms with Gasteiger partial charge in [0.05, 0.1) is 4.90 Å². The third-order valence-corrected chi connectivity index (χ3v) is 8.53. The van der Waals surface area contributed by atoms with E-state index in [2.05, 4.69) is 37.3 Å². The molecule has 3 nitrogen and oxygen atoms in total. The minimum Gasteiger partial charge on any atom is -0.273 e. The molecule has 0 amide bonds. The lowest BCUT2D eigenvalue weighted by Crippen LogP contribution is -2.32. The van der Waals surface area contributed by atoms with Crippen LogP contribution in [-0.2, 0) is 15.4 Å². The van der Waals surface area contributed by atoms with Crippen molar-refractivity contribution in [2.45, 2.75) is 37.0 Å². The van der Waals surface area contributed by atoms with Crippen LogP contribution in [0.1, 0.15) is 29.5 Å². The first-order valence-electron chi connectivity index (χ1n) is 9.25. The Morgan fingerprint density at radius 1 is 0.923 bits per heavy atom. The van der Waals surface area contributed by atoms with Crippen LogP contribution in [0.3, 0.4) is 0 Å². The van der Waals surface area contributed by atoms with Crippen molar-refractivity contribution in [1.29, 1.82) is 0 Å². The lowest BCUT2D eigenvalue weighted by molar-refractivity contribution is 0.447. The number of fused-ring (bicyclic) bond motifs is 3. The summed E-state index contributed by atoms with van der Waals surface area (Å²) in [6, 6.07) is 15.9. The normalized spacial score (nSPS) is 28.1. The van der Waals surface area contributed by atoms with E-state index in [9.17, 15) is 8.42 Å². The molecule has 0 N–H and O–H groups in total. The number of rotatable bonds is 3. The van der Waals surface area contributed by atoms with E-state index in [1.54, 1.807) is 16.4 Å². The van der Waals surface area contributed by atoms with Gasteiger partial charge in [0.25, 0.3) is 10.0 Å². The van der Waals surface area contributed by atoms with E-state index in [4.69, 9.17) is 0 Å². The number of allylic oxidation sites excluding steroid dienone is 1. The van der Waals surface area contributed by atoms with E-state index in [1.165, 1.54) is 24.0 Å². The van der Waals surface area contributed by atoms with Crippen LogP contribution in [0.2, 0.25) is 0 Å². The fraction of sp³-hybridized carbons (Fsp3) is 0.364. The van der Waals surface area contributed by atoms with Crippen LogP contribution in [0.25, 0.3) is 0 Å². The molecule has 0 aromatic heterocycles. The summed E-state index contributed by atoms with van der Waals surface area (Å²) in [4.78, 5) is 0.376. The molecule has 2 aromatic rings. The summed E-state index contributed by atoms with van der Waals surface area (Å²) >= 11 is 0. The zero-order chi connectivity index (χ0) is 18.2. The van der Waals surface area contributed by atoms with Gasteiger partial charge in [0, 0.05) is 18.2 Å². The maximum absolute atomic E-state index is 13.1. The molecular formula is C22H23NO2S. The minimum absolute atomic E-state index is 0.0417. The molecule has 0 bridgehead atoms. The largest absolute Gasteiger partial charge is 0.273 e. The van der Waals surface area contributed by atoms with Crippen LogP contribution in [0.15, 0.2) is 65.7 Å². The molecule has 1 spiro atoms. The molecule has 0 radical (unpaired) electrons. The van der Waals surface area contributed by atoms with Crippen molar-refractivity contribution in [2.24, 2.45) is 11.3 Å². The predicted octanol–water partition coefficient (Wildman–Crippen LogP) is 4.17. The molecule has 1 heterocycles. The molecule has 0 saturated heterocycles. The van der Waals surface area contributed by atoms with E-state index < -0.39 is 10.0 Å². The van der Waals surface area contributed by atoms with Crippen molar-refractivity contribution in [1.82, 2.24) is 4.31 Å². The summed E-state index contributed by atoms with van der Waals surface area (Å²) in [5.41, 5.74) is 4.00. The van der Waals surface area contributed by atoms with Crippen molar-refractivity contribution in [3.05, 3.63) is 77.5 Å². The summed E-state index contributed by atoms with van der Waals surface area (Å²) in [6.45, 7) is 4.65. The van der Waals surface area contributed by atoms with Crippen LogP contribution < -0.4 is 0 Å². The fourth-order valence-electron chi connectivity index (χ4n) is 5.09. The van der Waals surface area contributed by atoms with Gasteiger partial charge in [-0.1, -0.05) is 53.6 Å².